The van der Waals surface area contributed by atoms with Crippen molar-refractivity contribution in [1.29, 1.82) is 0 Å². The smallest absolute Gasteiger partial charge is 0.416 e. The van der Waals surface area contributed by atoms with Crippen LogP contribution in [0.5, 0.6) is 5.75 Å². The zero-order valence-electron chi connectivity index (χ0n) is 18.0. The van der Waals surface area contributed by atoms with Gasteiger partial charge in [0.1, 0.15) is 5.75 Å². The number of carbonyl (C=O) groups excluding carboxylic acids is 1. The first kappa shape index (κ1) is 23.0. The van der Waals surface area contributed by atoms with Gasteiger partial charge in [0, 0.05) is 24.0 Å². The molecule has 2 aromatic rings. The van der Waals surface area contributed by atoms with E-state index in [1.54, 1.807) is 0 Å². The lowest BCUT2D eigenvalue weighted by Gasteiger charge is -2.47. The maximum Gasteiger partial charge on any atom is 0.416 e. The Balaban J connectivity index is 1.41. The number of hydrogen-bond acceptors (Lipinski definition) is 2. The summed E-state index contributed by atoms with van der Waals surface area (Å²) in [7, 11) is 0. The summed E-state index contributed by atoms with van der Waals surface area (Å²) in [6.07, 6.45) is -0.778. The van der Waals surface area contributed by atoms with Crippen LogP contribution in [0.25, 0.3) is 0 Å². The Morgan fingerprint density at radius 3 is 2.34 bits per heavy atom. The third-order valence-corrected chi connectivity index (χ3v) is 7.31. The third kappa shape index (κ3) is 4.61. The Kier molecular flexibility index (Phi) is 6.44. The lowest BCUT2D eigenvalue weighted by molar-refractivity contribution is -0.144. The molecule has 0 N–H and O–H groups in total. The molecule has 2 aromatic carbocycles. The number of hydrogen-bond donors (Lipinski definition) is 0. The van der Waals surface area contributed by atoms with Gasteiger partial charge in [0.15, 0.2) is 0 Å². The van der Waals surface area contributed by atoms with E-state index in [1.165, 1.54) is 12.1 Å². The van der Waals surface area contributed by atoms with Crippen LogP contribution in [-0.2, 0) is 16.4 Å². The van der Waals surface area contributed by atoms with Crippen LogP contribution in [0.1, 0.15) is 43.7 Å². The minimum atomic E-state index is -4.36. The molecule has 1 aliphatic carbocycles. The van der Waals surface area contributed by atoms with Gasteiger partial charge in [0.05, 0.1) is 17.6 Å². The summed E-state index contributed by atoms with van der Waals surface area (Å²) in [6, 6.07) is 12.3. The highest BCUT2D eigenvalue weighted by Crippen LogP contribution is 2.46. The van der Waals surface area contributed by atoms with Gasteiger partial charge in [0.25, 0.3) is 0 Å². The normalized spacial score (nSPS) is 22.8. The summed E-state index contributed by atoms with van der Waals surface area (Å²) in [6.45, 7) is 3.81. The molecule has 32 heavy (non-hydrogen) atoms. The summed E-state index contributed by atoms with van der Waals surface area (Å²) in [5, 5.41) is 0.656. The second-order valence-electron chi connectivity index (χ2n) is 9.05. The van der Waals surface area contributed by atoms with E-state index in [0.29, 0.717) is 36.4 Å². The fraction of sp³-hybridized carbons (Fsp3) is 0.480. The molecule has 0 aromatic heterocycles. The van der Waals surface area contributed by atoms with Crippen molar-refractivity contribution < 1.29 is 22.7 Å². The minimum Gasteiger partial charge on any atom is -0.493 e. The molecule has 1 saturated heterocycles. The number of piperidine rings is 1. The molecular formula is C25H27ClF3NO2. The van der Waals surface area contributed by atoms with Gasteiger partial charge in [-0.2, -0.15) is 13.2 Å². The first-order valence-corrected chi connectivity index (χ1v) is 11.4. The van der Waals surface area contributed by atoms with Gasteiger partial charge < -0.3 is 9.64 Å². The van der Waals surface area contributed by atoms with Crippen LogP contribution in [0, 0.1) is 11.8 Å². The third-order valence-electron chi connectivity index (χ3n) is 7.06. The van der Waals surface area contributed by atoms with E-state index in [-0.39, 0.29) is 11.8 Å². The van der Waals surface area contributed by atoms with Crippen molar-refractivity contribution in [2.45, 2.75) is 44.2 Å². The predicted molar refractivity (Wildman–Crippen MR) is 118 cm³/mol. The standard InChI is InChI=1S/C25H27ClF3NO2/c1-17-11-14-30(23(31)24(12-2-13-24)19-3-7-21(26)8-4-19)15-18(17)16-32-22-9-5-20(6-10-22)25(27,28)29/h3-10,17-18H,2,11-16H2,1H3/t17-,18+/m1/s1. The average molecular weight is 466 g/mol. The zero-order valence-corrected chi connectivity index (χ0v) is 18.8. The van der Waals surface area contributed by atoms with Crippen molar-refractivity contribution in [2.75, 3.05) is 19.7 Å². The molecule has 1 amide bonds. The molecule has 3 nitrogen and oxygen atoms in total. The van der Waals surface area contributed by atoms with Crippen molar-refractivity contribution in [2.24, 2.45) is 11.8 Å². The second kappa shape index (κ2) is 8.97. The predicted octanol–water partition coefficient (Wildman–Crippen LogP) is 6.34. The topological polar surface area (TPSA) is 29.5 Å². The van der Waals surface area contributed by atoms with Crippen molar-refractivity contribution in [3.05, 3.63) is 64.7 Å². The second-order valence-corrected chi connectivity index (χ2v) is 9.49. The number of carbonyl (C=O) groups is 1. The molecule has 1 aliphatic heterocycles. The van der Waals surface area contributed by atoms with Gasteiger partial charge >= 0.3 is 6.18 Å². The van der Waals surface area contributed by atoms with Crippen LogP contribution >= 0.6 is 11.6 Å². The fourth-order valence-corrected chi connectivity index (χ4v) is 4.85. The Hall–Kier alpha value is -2.21. The van der Waals surface area contributed by atoms with E-state index in [1.807, 2.05) is 29.2 Å². The molecule has 7 heteroatoms. The summed E-state index contributed by atoms with van der Waals surface area (Å²) in [4.78, 5) is 15.5. The van der Waals surface area contributed by atoms with Crippen molar-refractivity contribution in [1.82, 2.24) is 4.90 Å². The van der Waals surface area contributed by atoms with Gasteiger partial charge in [-0.3, -0.25) is 4.79 Å². The summed E-state index contributed by atoms with van der Waals surface area (Å²) in [5.41, 5.74) is -0.140. The van der Waals surface area contributed by atoms with Gasteiger partial charge in [-0.1, -0.05) is 37.1 Å². The summed E-state index contributed by atoms with van der Waals surface area (Å²) < 4.78 is 44.1. The molecule has 1 saturated carbocycles. The number of nitrogens with zero attached hydrogens (tertiary/aromatic N) is 1. The van der Waals surface area contributed by atoms with E-state index in [4.69, 9.17) is 16.3 Å². The van der Waals surface area contributed by atoms with Crippen LogP contribution in [0.4, 0.5) is 13.2 Å². The molecule has 2 fully saturated rings. The number of benzene rings is 2. The zero-order chi connectivity index (χ0) is 22.9. The van der Waals surface area contributed by atoms with E-state index < -0.39 is 17.2 Å². The highest BCUT2D eigenvalue weighted by molar-refractivity contribution is 6.30. The number of amides is 1. The highest BCUT2D eigenvalue weighted by Gasteiger charge is 2.48. The van der Waals surface area contributed by atoms with E-state index >= 15 is 0 Å². The lowest BCUT2D eigenvalue weighted by atomic mass is 9.63. The van der Waals surface area contributed by atoms with Gasteiger partial charge in [-0.05, 0) is 67.1 Å². The van der Waals surface area contributed by atoms with E-state index in [0.717, 1.165) is 43.4 Å². The maximum atomic E-state index is 13.6. The van der Waals surface area contributed by atoms with Gasteiger partial charge in [0.2, 0.25) is 5.91 Å². The maximum absolute atomic E-state index is 13.6. The molecule has 0 radical (unpaired) electrons. The average Bonchev–Trinajstić information content (AvgIpc) is 2.73. The molecular weight excluding hydrogens is 439 g/mol. The quantitative estimate of drug-likeness (QED) is 0.515. The SMILES string of the molecule is C[C@@H]1CCN(C(=O)C2(c3ccc(Cl)cc3)CCC2)C[C@H]1COc1ccc(C(F)(F)F)cc1. The first-order chi connectivity index (χ1) is 15.2. The molecule has 172 valence electrons. The summed E-state index contributed by atoms with van der Waals surface area (Å²) >= 11 is 6.04. The van der Waals surface area contributed by atoms with Crippen LogP contribution < -0.4 is 4.74 Å². The van der Waals surface area contributed by atoms with Gasteiger partial charge in [-0.15, -0.1) is 0 Å². The first-order valence-electron chi connectivity index (χ1n) is 11.0. The largest absolute Gasteiger partial charge is 0.493 e. The molecule has 1 heterocycles. The van der Waals surface area contributed by atoms with Crippen molar-refractivity contribution in [3.8, 4) is 5.75 Å². The van der Waals surface area contributed by atoms with E-state index in [9.17, 15) is 18.0 Å². The molecule has 0 spiro atoms. The number of halogens is 4. The number of likely N-dealkylation sites (tertiary alicyclic amines) is 1. The molecule has 0 unspecified atom stereocenters. The Bertz CT molecular complexity index is 939. The van der Waals surface area contributed by atoms with Crippen LogP contribution in [0.3, 0.4) is 0 Å². The van der Waals surface area contributed by atoms with Crippen LogP contribution in [0.15, 0.2) is 48.5 Å². The molecule has 2 atom stereocenters. The molecule has 2 aliphatic rings. The molecule has 4 rings (SSSR count). The monoisotopic (exact) mass is 465 g/mol. The van der Waals surface area contributed by atoms with Crippen molar-refractivity contribution >= 4 is 17.5 Å². The van der Waals surface area contributed by atoms with Crippen LogP contribution in [0.2, 0.25) is 5.02 Å². The Morgan fingerprint density at radius 1 is 1.12 bits per heavy atom. The summed E-state index contributed by atoms with van der Waals surface area (Å²) in [5.74, 6) is 1.06. The number of alkyl halides is 3. The fourth-order valence-electron chi connectivity index (χ4n) is 4.72. The van der Waals surface area contributed by atoms with E-state index in [2.05, 4.69) is 6.92 Å². The number of ether oxygens (including phenoxy) is 1. The highest BCUT2D eigenvalue weighted by atomic mass is 35.5. The lowest BCUT2D eigenvalue weighted by Crippen LogP contribution is -2.55. The van der Waals surface area contributed by atoms with Gasteiger partial charge in [-0.25, -0.2) is 0 Å². The molecule has 0 bridgehead atoms. The minimum absolute atomic E-state index is 0.123. The van der Waals surface area contributed by atoms with Crippen LogP contribution in [-0.4, -0.2) is 30.5 Å². The van der Waals surface area contributed by atoms with Crippen molar-refractivity contribution in [3.63, 3.8) is 0 Å². The number of rotatable bonds is 5. The Morgan fingerprint density at radius 2 is 1.78 bits per heavy atom. The Labute approximate surface area is 191 Å².